The zero-order chi connectivity index (χ0) is 21.4. The number of carbonyl (C=O) groups is 1. The molecule has 0 unspecified atom stereocenters. The summed E-state index contributed by atoms with van der Waals surface area (Å²) in [7, 11) is -3.34. The molecule has 170 valence electrons. The van der Waals surface area contributed by atoms with Gasteiger partial charge in [-0.05, 0) is 68.9 Å². The van der Waals surface area contributed by atoms with Gasteiger partial charge in [0.15, 0.2) is 6.61 Å². The van der Waals surface area contributed by atoms with Crippen LogP contribution in [0, 0.1) is 0 Å². The Bertz CT molecular complexity index is 908. The van der Waals surface area contributed by atoms with E-state index in [1.807, 2.05) is 18.2 Å². The predicted molar refractivity (Wildman–Crippen MR) is 116 cm³/mol. The van der Waals surface area contributed by atoms with Gasteiger partial charge >= 0.3 is 0 Å². The van der Waals surface area contributed by atoms with Crippen molar-refractivity contribution in [3.05, 3.63) is 29.8 Å². The molecule has 2 saturated carbocycles. The summed E-state index contributed by atoms with van der Waals surface area (Å²) < 4.78 is 40.5. The smallest absolute Gasteiger partial charge is 0.260 e. The van der Waals surface area contributed by atoms with Gasteiger partial charge in [-0.2, -0.15) is 0 Å². The fourth-order valence-corrected chi connectivity index (χ4v) is 6.99. The van der Waals surface area contributed by atoms with Crippen molar-refractivity contribution in [3.63, 3.8) is 0 Å². The zero-order valence-electron chi connectivity index (χ0n) is 17.9. The monoisotopic (exact) mass is 448 g/mol. The molecule has 0 aromatic heterocycles. The Morgan fingerprint density at radius 1 is 1.00 bits per heavy atom. The topological polar surface area (TPSA) is 84.9 Å². The predicted octanol–water partition coefficient (Wildman–Crippen LogP) is 2.56. The highest BCUT2D eigenvalue weighted by molar-refractivity contribution is 7.90. The number of rotatable bonds is 3. The second-order valence-corrected chi connectivity index (χ2v) is 11.4. The number of ether oxygens (including phenoxy) is 2. The average Bonchev–Trinajstić information content (AvgIpc) is 3.63. The van der Waals surface area contributed by atoms with E-state index in [-0.39, 0.29) is 36.0 Å². The molecule has 0 spiro atoms. The molecule has 1 amide bonds. The summed E-state index contributed by atoms with van der Waals surface area (Å²) in [6.07, 6.45) is 7.10. The first-order chi connectivity index (χ1) is 15.0. The number of hydrogen-bond donors (Lipinski definition) is 1. The molecule has 6 rings (SSSR count). The van der Waals surface area contributed by atoms with Gasteiger partial charge in [0, 0.05) is 12.6 Å². The summed E-state index contributed by atoms with van der Waals surface area (Å²) >= 11 is 0. The molecule has 8 heteroatoms. The van der Waals surface area contributed by atoms with Crippen molar-refractivity contribution in [1.82, 2.24) is 9.62 Å². The third-order valence-corrected chi connectivity index (χ3v) is 9.25. The van der Waals surface area contributed by atoms with Gasteiger partial charge in [-0.1, -0.05) is 18.2 Å². The van der Waals surface area contributed by atoms with Crippen LogP contribution in [0.5, 0.6) is 5.75 Å². The molecule has 1 N–H and O–H groups in total. The van der Waals surface area contributed by atoms with Crippen LogP contribution in [-0.2, 0) is 19.6 Å². The molecule has 3 aliphatic heterocycles. The number of para-hydroxylation sites is 1. The summed E-state index contributed by atoms with van der Waals surface area (Å²) in [5, 5.41) is -0.274. The van der Waals surface area contributed by atoms with Crippen molar-refractivity contribution in [2.45, 2.75) is 80.7 Å². The Morgan fingerprint density at radius 2 is 1.77 bits per heavy atom. The number of nitrogens with one attached hydrogen (secondary N) is 1. The summed E-state index contributed by atoms with van der Waals surface area (Å²) in [6, 6.07) is 7.43. The van der Waals surface area contributed by atoms with Gasteiger partial charge in [0.1, 0.15) is 5.75 Å². The molecule has 1 aromatic carbocycles. The summed E-state index contributed by atoms with van der Waals surface area (Å²) in [5.74, 6) is 1.11. The van der Waals surface area contributed by atoms with Crippen LogP contribution in [0.4, 0.5) is 0 Å². The minimum atomic E-state index is -3.34. The third-order valence-electron chi connectivity index (χ3n) is 7.27. The van der Waals surface area contributed by atoms with E-state index in [1.165, 1.54) is 5.56 Å². The van der Waals surface area contributed by atoms with E-state index in [0.29, 0.717) is 19.1 Å². The standard InChI is InChI=1S/C23H32N2O5S/c26-23-15-30-22-6-2-1-4-19(22)16-7-9-17(10-8-16)29-14-21-20(5-3-13-25(21)23)24-31(27,28)18-11-12-18/h1-2,4,6,16-18,20-21,24H,3,5,7-15H2/t16-,17+,20-,21-/m0/s1. The highest BCUT2D eigenvalue weighted by Gasteiger charge is 2.42. The molecule has 2 bridgehead atoms. The average molecular weight is 449 g/mol. The molecule has 2 atom stereocenters. The lowest BCUT2D eigenvalue weighted by Crippen LogP contribution is -2.60. The lowest BCUT2D eigenvalue weighted by molar-refractivity contribution is -0.140. The minimum Gasteiger partial charge on any atom is -0.483 e. The third kappa shape index (κ3) is 4.61. The van der Waals surface area contributed by atoms with Crippen LogP contribution in [0.15, 0.2) is 24.3 Å². The number of carbonyl (C=O) groups excluding carboxylic acids is 1. The number of nitrogens with zero attached hydrogens (tertiary/aromatic N) is 1. The summed E-state index contributed by atoms with van der Waals surface area (Å²) in [4.78, 5) is 15.0. The van der Waals surface area contributed by atoms with Gasteiger partial charge in [0.2, 0.25) is 10.0 Å². The normalized spacial score (nSPS) is 32.1. The Balaban J connectivity index is 1.40. The van der Waals surface area contributed by atoms with E-state index in [0.717, 1.165) is 57.1 Å². The van der Waals surface area contributed by atoms with Gasteiger partial charge in [-0.3, -0.25) is 4.79 Å². The maximum atomic E-state index is 13.2. The molecule has 3 heterocycles. The van der Waals surface area contributed by atoms with Crippen molar-refractivity contribution >= 4 is 15.9 Å². The summed E-state index contributed by atoms with van der Waals surface area (Å²) in [5.41, 5.74) is 1.18. The van der Waals surface area contributed by atoms with E-state index in [9.17, 15) is 13.2 Å². The van der Waals surface area contributed by atoms with Crippen LogP contribution in [0.25, 0.3) is 0 Å². The van der Waals surface area contributed by atoms with Crippen LogP contribution < -0.4 is 9.46 Å². The number of piperidine rings is 1. The number of amides is 1. The van der Waals surface area contributed by atoms with Gasteiger partial charge < -0.3 is 14.4 Å². The maximum Gasteiger partial charge on any atom is 0.260 e. The molecule has 1 saturated heterocycles. The first-order valence-electron chi connectivity index (χ1n) is 11.7. The molecule has 3 fully saturated rings. The highest BCUT2D eigenvalue weighted by Crippen LogP contribution is 2.39. The Labute approximate surface area is 184 Å². The lowest BCUT2D eigenvalue weighted by atomic mass is 9.82. The number of benzene rings is 1. The van der Waals surface area contributed by atoms with Crippen LogP contribution >= 0.6 is 0 Å². The van der Waals surface area contributed by atoms with Crippen molar-refractivity contribution in [2.75, 3.05) is 19.8 Å². The highest BCUT2D eigenvalue weighted by atomic mass is 32.2. The van der Waals surface area contributed by atoms with Crippen LogP contribution in [0.1, 0.15) is 62.8 Å². The molecule has 7 nitrogen and oxygen atoms in total. The summed E-state index contributed by atoms with van der Waals surface area (Å²) in [6.45, 7) is 0.935. The number of sulfonamides is 1. The van der Waals surface area contributed by atoms with Crippen molar-refractivity contribution in [1.29, 1.82) is 0 Å². The van der Waals surface area contributed by atoms with E-state index in [1.54, 1.807) is 4.90 Å². The van der Waals surface area contributed by atoms with Gasteiger partial charge in [0.05, 0.1) is 24.0 Å². The second-order valence-electron chi connectivity index (χ2n) is 9.40. The van der Waals surface area contributed by atoms with Crippen LogP contribution in [-0.4, -0.2) is 62.4 Å². The molecule has 5 aliphatic rings. The minimum absolute atomic E-state index is 0.0360. The number of hydrogen-bond acceptors (Lipinski definition) is 5. The van der Waals surface area contributed by atoms with Crippen molar-refractivity contribution in [3.8, 4) is 5.75 Å². The Kier molecular flexibility index (Phi) is 5.96. The second kappa shape index (κ2) is 8.71. The van der Waals surface area contributed by atoms with Crippen molar-refractivity contribution < 1.29 is 22.7 Å². The Hall–Kier alpha value is -1.64. The van der Waals surface area contributed by atoms with Gasteiger partial charge in [-0.15, -0.1) is 0 Å². The number of fused-ring (bicyclic) bond motifs is 5. The largest absolute Gasteiger partial charge is 0.483 e. The first kappa shape index (κ1) is 21.2. The molecular weight excluding hydrogens is 416 g/mol. The molecule has 1 aromatic rings. The molecule has 31 heavy (non-hydrogen) atoms. The fourth-order valence-electron chi connectivity index (χ4n) is 5.34. The van der Waals surface area contributed by atoms with Gasteiger partial charge in [0.25, 0.3) is 5.91 Å². The maximum absolute atomic E-state index is 13.2. The quantitative estimate of drug-likeness (QED) is 0.768. The van der Waals surface area contributed by atoms with Crippen molar-refractivity contribution in [2.24, 2.45) is 0 Å². The van der Waals surface area contributed by atoms with Gasteiger partial charge in [-0.25, -0.2) is 13.1 Å². The SMILES string of the molecule is O=C1COc2ccccc2[C@H]2CC[C@H](CC2)OC[C@H]2[C@@H](NS(=O)(=O)C3CC3)CCCN12. The molecule has 0 radical (unpaired) electrons. The molecule has 2 aliphatic carbocycles. The van der Waals surface area contributed by atoms with Crippen LogP contribution in [0.3, 0.4) is 0 Å². The Morgan fingerprint density at radius 3 is 2.55 bits per heavy atom. The van der Waals surface area contributed by atoms with E-state index < -0.39 is 10.0 Å². The zero-order valence-corrected chi connectivity index (χ0v) is 18.7. The fraction of sp³-hybridized carbons (Fsp3) is 0.696. The van der Waals surface area contributed by atoms with E-state index in [2.05, 4.69) is 10.8 Å². The lowest BCUT2D eigenvalue weighted by Gasteiger charge is -2.42. The van der Waals surface area contributed by atoms with E-state index >= 15 is 0 Å². The van der Waals surface area contributed by atoms with E-state index in [4.69, 9.17) is 9.47 Å². The molecular formula is C23H32N2O5S. The van der Waals surface area contributed by atoms with Crippen LogP contribution in [0.2, 0.25) is 0 Å². The first-order valence-corrected chi connectivity index (χ1v) is 13.2.